The third kappa shape index (κ3) is 7.52. The Kier molecular flexibility index (Phi) is 7.90. The number of halogens is 1. The van der Waals surface area contributed by atoms with Crippen molar-refractivity contribution in [3.8, 4) is 5.75 Å². The lowest BCUT2D eigenvalue weighted by atomic mass is 9.85. The van der Waals surface area contributed by atoms with Crippen molar-refractivity contribution >= 4 is 34.9 Å². The average Bonchev–Trinajstić information content (AvgIpc) is 2.62. The quantitative estimate of drug-likeness (QED) is 0.348. The molecule has 0 saturated heterocycles. The summed E-state index contributed by atoms with van der Waals surface area (Å²) in [5.41, 5.74) is 0.719. The highest BCUT2D eigenvalue weighted by molar-refractivity contribution is 7.84. The molecule has 0 saturated carbocycles. The number of esters is 1. The molecule has 2 aromatic rings. The van der Waals surface area contributed by atoms with Crippen LogP contribution in [0.5, 0.6) is 5.75 Å². The van der Waals surface area contributed by atoms with E-state index in [-0.39, 0.29) is 23.4 Å². The Labute approximate surface area is 191 Å². The zero-order valence-corrected chi connectivity index (χ0v) is 21.4. The molecular formula is C24H35ClNO4P. The number of carbonyl (C=O) groups is 1. The van der Waals surface area contributed by atoms with E-state index in [1.54, 1.807) is 0 Å². The van der Waals surface area contributed by atoms with Crippen LogP contribution < -0.4 is 9.61 Å². The monoisotopic (exact) mass is 467 g/mol. The van der Waals surface area contributed by atoms with Crippen LogP contribution >= 0.6 is 18.1 Å². The largest absolute Gasteiger partial charge is 0.464 e. The van der Waals surface area contributed by atoms with Crippen molar-refractivity contribution < 1.29 is 18.6 Å². The summed E-state index contributed by atoms with van der Waals surface area (Å²) in [6, 6.07) is 10.8. The van der Waals surface area contributed by atoms with E-state index in [2.05, 4.69) is 31.9 Å². The van der Waals surface area contributed by atoms with Crippen molar-refractivity contribution in [2.75, 3.05) is 6.61 Å². The highest BCUT2D eigenvalue weighted by Gasteiger charge is 2.34. The molecule has 0 aliphatic rings. The molecule has 0 amide bonds. The Balaban J connectivity index is 2.33. The first kappa shape index (κ1) is 25.7. The Morgan fingerprint density at radius 3 is 2.26 bits per heavy atom. The fourth-order valence-corrected chi connectivity index (χ4v) is 4.69. The number of hydrogen-bond donors (Lipinski definition) is 1. The van der Waals surface area contributed by atoms with Crippen LogP contribution in [0.3, 0.4) is 0 Å². The predicted octanol–water partition coefficient (Wildman–Crippen LogP) is 7.07. The van der Waals surface area contributed by atoms with E-state index in [0.29, 0.717) is 5.75 Å². The minimum Gasteiger partial charge on any atom is -0.464 e. The molecule has 0 radical (unpaired) electrons. The van der Waals surface area contributed by atoms with Crippen molar-refractivity contribution in [3.05, 3.63) is 42.0 Å². The van der Waals surface area contributed by atoms with E-state index in [1.165, 1.54) is 0 Å². The number of nitrogens with one attached hydrogen (secondary N) is 1. The highest BCUT2D eigenvalue weighted by atomic mass is 35.7. The zero-order chi connectivity index (χ0) is 23.6. The Hall–Kier alpha value is -1.55. The molecule has 0 spiro atoms. The average molecular weight is 468 g/mol. The normalized spacial score (nSPS) is 15.5. The van der Waals surface area contributed by atoms with Gasteiger partial charge < -0.3 is 9.26 Å². The van der Waals surface area contributed by atoms with Crippen molar-refractivity contribution in [1.82, 2.24) is 5.09 Å². The predicted molar refractivity (Wildman–Crippen MR) is 129 cm³/mol. The van der Waals surface area contributed by atoms with Crippen LogP contribution in [0.25, 0.3) is 10.8 Å². The summed E-state index contributed by atoms with van der Waals surface area (Å²) in [6.45, 7) is 12.2. The molecule has 0 aliphatic heterocycles. The first-order valence-electron chi connectivity index (χ1n) is 10.6. The number of carbonyl (C=O) groups excluding carboxylic acids is 1. The fraction of sp³-hybridized carbons (Fsp3) is 0.542. The van der Waals surface area contributed by atoms with Crippen LogP contribution in [0.4, 0.5) is 0 Å². The Morgan fingerprint density at radius 1 is 1.10 bits per heavy atom. The van der Waals surface area contributed by atoms with E-state index in [0.717, 1.165) is 16.3 Å². The highest BCUT2D eigenvalue weighted by Crippen LogP contribution is 2.51. The van der Waals surface area contributed by atoms with Crippen molar-refractivity contribution in [1.29, 1.82) is 0 Å². The van der Waals surface area contributed by atoms with Gasteiger partial charge in [0.1, 0.15) is 11.8 Å². The van der Waals surface area contributed by atoms with E-state index >= 15 is 0 Å². The van der Waals surface area contributed by atoms with E-state index < -0.39 is 18.9 Å². The van der Waals surface area contributed by atoms with Gasteiger partial charge in [0, 0.05) is 16.6 Å². The van der Waals surface area contributed by atoms with Gasteiger partial charge in [-0.1, -0.05) is 85.7 Å². The topological polar surface area (TPSA) is 64.6 Å². The maximum atomic E-state index is 13.2. The zero-order valence-electron chi connectivity index (χ0n) is 19.8. The summed E-state index contributed by atoms with van der Waals surface area (Å²) in [5, 5.41) is 4.49. The first-order valence-corrected chi connectivity index (χ1v) is 13.1. The van der Waals surface area contributed by atoms with E-state index in [9.17, 15) is 9.36 Å². The SMILES string of the molecule is CC(C)[C@H](NP(=O)(Cl)Oc1cc(C(C)(C)C)cc2ccccc12)C(=O)OCC(C)(C)C. The van der Waals surface area contributed by atoms with Crippen LogP contribution in [-0.4, -0.2) is 18.6 Å². The van der Waals surface area contributed by atoms with E-state index in [4.69, 9.17) is 20.5 Å². The van der Waals surface area contributed by atoms with Crippen LogP contribution in [-0.2, 0) is 19.5 Å². The van der Waals surface area contributed by atoms with Gasteiger partial charge in [0.2, 0.25) is 0 Å². The van der Waals surface area contributed by atoms with Gasteiger partial charge in [0.15, 0.2) is 0 Å². The number of hydrogen-bond acceptors (Lipinski definition) is 4. The van der Waals surface area contributed by atoms with Crippen molar-refractivity contribution in [3.63, 3.8) is 0 Å². The second-order valence-corrected chi connectivity index (χ2v) is 13.3. The third-order valence-electron chi connectivity index (χ3n) is 4.77. The summed E-state index contributed by atoms with van der Waals surface area (Å²) in [4.78, 5) is 12.6. The van der Waals surface area contributed by atoms with Gasteiger partial charge >= 0.3 is 12.8 Å². The number of fused-ring (bicyclic) bond motifs is 1. The second kappa shape index (κ2) is 9.52. The smallest absolute Gasteiger partial charge is 0.409 e. The molecule has 0 fully saturated rings. The van der Waals surface area contributed by atoms with Crippen LogP contribution in [0.15, 0.2) is 36.4 Å². The molecule has 0 aromatic heterocycles. The van der Waals surface area contributed by atoms with Gasteiger partial charge in [-0.3, -0.25) is 4.79 Å². The minimum absolute atomic E-state index is 0.136. The molecule has 5 nitrogen and oxygen atoms in total. The van der Waals surface area contributed by atoms with Crippen LogP contribution in [0.1, 0.15) is 61.0 Å². The molecule has 0 heterocycles. The fourth-order valence-electron chi connectivity index (χ4n) is 2.95. The van der Waals surface area contributed by atoms with Gasteiger partial charge in [-0.2, -0.15) is 0 Å². The summed E-state index contributed by atoms with van der Waals surface area (Å²) in [7, 11) is 0. The maximum Gasteiger partial charge on any atom is 0.409 e. The molecule has 2 atom stereocenters. The molecule has 0 aliphatic carbocycles. The molecular weight excluding hydrogens is 433 g/mol. The lowest BCUT2D eigenvalue weighted by molar-refractivity contribution is -0.149. The summed E-state index contributed by atoms with van der Waals surface area (Å²) < 4.78 is 24.5. The molecule has 31 heavy (non-hydrogen) atoms. The first-order chi connectivity index (χ1) is 14.1. The number of benzene rings is 2. The van der Waals surface area contributed by atoms with Crippen molar-refractivity contribution in [2.24, 2.45) is 11.3 Å². The minimum atomic E-state index is -3.90. The number of rotatable bonds is 7. The second-order valence-electron chi connectivity index (χ2n) is 10.5. The molecule has 2 rings (SSSR count). The van der Waals surface area contributed by atoms with Gasteiger partial charge in [0.25, 0.3) is 0 Å². The van der Waals surface area contributed by atoms with E-state index in [1.807, 2.05) is 65.0 Å². The van der Waals surface area contributed by atoms with Gasteiger partial charge in [0.05, 0.1) is 6.61 Å². The number of ether oxygens (including phenoxy) is 1. The standard InChI is InChI=1S/C24H35ClNO4P/c1-16(2)21(22(27)29-15-23(3,4)5)26-31(25,28)30-20-14-18(24(6,7)8)13-17-11-9-10-12-19(17)20/h9-14,16,21H,15H2,1-8H3,(H,26,28)/t21-,31?/m0/s1. The van der Waals surface area contributed by atoms with Gasteiger partial charge in [-0.15, -0.1) is 0 Å². The van der Waals surface area contributed by atoms with Crippen LogP contribution in [0, 0.1) is 11.3 Å². The van der Waals surface area contributed by atoms with Gasteiger partial charge in [-0.25, -0.2) is 9.65 Å². The summed E-state index contributed by atoms with van der Waals surface area (Å²) >= 11 is 6.33. The molecule has 2 aromatic carbocycles. The Morgan fingerprint density at radius 2 is 1.71 bits per heavy atom. The lowest BCUT2D eigenvalue weighted by Gasteiger charge is -2.26. The molecule has 172 valence electrons. The maximum absolute atomic E-state index is 13.2. The van der Waals surface area contributed by atoms with Crippen molar-refractivity contribution in [2.45, 2.75) is 66.8 Å². The molecule has 7 heteroatoms. The Bertz CT molecular complexity index is 976. The van der Waals surface area contributed by atoms with Crippen LogP contribution in [0.2, 0.25) is 0 Å². The molecule has 0 bridgehead atoms. The summed E-state index contributed by atoms with van der Waals surface area (Å²) in [5.74, 6) is -0.275. The third-order valence-corrected chi connectivity index (χ3v) is 6.28. The van der Waals surface area contributed by atoms with Gasteiger partial charge in [-0.05, 0) is 33.8 Å². The molecule has 1 N–H and O–H groups in total. The lowest BCUT2D eigenvalue weighted by Crippen LogP contribution is -2.41. The summed E-state index contributed by atoms with van der Waals surface area (Å²) in [6.07, 6.45) is 0. The molecule has 1 unspecified atom stereocenters.